The third-order valence-electron chi connectivity index (χ3n) is 3.28. The molecule has 2 aromatic rings. The van der Waals surface area contributed by atoms with Gasteiger partial charge in [-0.2, -0.15) is 0 Å². The first kappa shape index (κ1) is 13.9. The summed E-state index contributed by atoms with van der Waals surface area (Å²) in [6.45, 7) is 7.49. The number of rotatable bonds is 7. The summed E-state index contributed by atoms with van der Waals surface area (Å²) in [7, 11) is 0. The van der Waals surface area contributed by atoms with Gasteiger partial charge in [-0.25, -0.2) is 0 Å². The van der Waals surface area contributed by atoms with E-state index in [1.54, 1.807) is 0 Å². The van der Waals surface area contributed by atoms with Crippen molar-refractivity contribution in [1.82, 2.24) is 0 Å². The molecule has 0 atom stereocenters. The summed E-state index contributed by atoms with van der Waals surface area (Å²) in [6, 6.07) is 13.0. The Morgan fingerprint density at radius 2 is 1.79 bits per heavy atom. The first-order valence-corrected chi connectivity index (χ1v) is 7.82. The Balaban J connectivity index is 1.84. The lowest BCUT2D eigenvalue weighted by Gasteiger charge is -2.21. The fourth-order valence-corrected chi connectivity index (χ4v) is 2.87. The molecule has 0 fully saturated rings. The van der Waals surface area contributed by atoms with Gasteiger partial charge in [-0.05, 0) is 56.0 Å². The topological polar surface area (TPSA) is 15.3 Å². The lowest BCUT2D eigenvalue weighted by Crippen LogP contribution is -2.21. The second kappa shape index (κ2) is 7.19. The first-order valence-electron chi connectivity index (χ1n) is 6.94. The molecule has 2 nitrogen and oxygen atoms in total. The molecular formula is C16H22N2S. The van der Waals surface area contributed by atoms with Crippen LogP contribution >= 0.6 is 11.3 Å². The third-order valence-corrected chi connectivity index (χ3v) is 4.21. The molecule has 1 N–H and O–H groups in total. The van der Waals surface area contributed by atoms with Crippen LogP contribution in [0.3, 0.4) is 0 Å². The van der Waals surface area contributed by atoms with Crippen molar-refractivity contribution in [2.45, 2.75) is 20.3 Å². The van der Waals surface area contributed by atoms with E-state index in [2.05, 4.69) is 65.8 Å². The maximum Gasteiger partial charge on any atom is 0.0367 e. The first-order chi connectivity index (χ1) is 9.33. The van der Waals surface area contributed by atoms with E-state index in [9.17, 15) is 0 Å². The van der Waals surface area contributed by atoms with Crippen molar-refractivity contribution >= 4 is 22.7 Å². The summed E-state index contributed by atoms with van der Waals surface area (Å²) < 4.78 is 0. The molecule has 0 amide bonds. The lowest BCUT2D eigenvalue weighted by molar-refractivity contribution is 0.866. The van der Waals surface area contributed by atoms with E-state index in [1.165, 1.54) is 16.3 Å². The number of hydrogen-bond acceptors (Lipinski definition) is 3. The van der Waals surface area contributed by atoms with E-state index in [0.29, 0.717) is 0 Å². The summed E-state index contributed by atoms with van der Waals surface area (Å²) in [4.78, 5) is 3.79. The van der Waals surface area contributed by atoms with Crippen molar-refractivity contribution < 1.29 is 0 Å². The number of hydrogen-bond donors (Lipinski definition) is 1. The minimum absolute atomic E-state index is 0.991. The molecule has 0 aliphatic carbocycles. The van der Waals surface area contributed by atoms with Gasteiger partial charge in [0.25, 0.3) is 0 Å². The van der Waals surface area contributed by atoms with Crippen LogP contribution in [0.2, 0.25) is 0 Å². The van der Waals surface area contributed by atoms with E-state index in [0.717, 1.165) is 26.1 Å². The fraction of sp³-hybridized carbons (Fsp3) is 0.375. The quantitative estimate of drug-likeness (QED) is 0.812. The van der Waals surface area contributed by atoms with Gasteiger partial charge >= 0.3 is 0 Å². The van der Waals surface area contributed by atoms with Crippen molar-refractivity contribution in [3.8, 4) is 0 Å². The Morgan fingerprint density at radius 3 is 2.37 bits per heavy atom. The zero-order valence-electron chi connectivity index (χ0n) is 11.7. The molecule has 0 spiro atoms. The summed E-state index contributed by atoms with van der Waals surface area (Å²) in [5.74, 6) is 0. The molecule has 3 heteroatoms. The zero-order chi connectivity index (χ0) is 13.5. The summed E-state index contributed by atoms with van der Waals surface area (Å²) in [5, 5.41) is 5.61. The highest BCUT2D eigenvalue weighted by molar-refractivity contribution is 7.09. The lowest BCUT2D eigenvalue weighted by atomic mass is 10.2. The largest absolute Gasteiger partial charge is 0.385 e. The van der Waals surface area contributed by atoms with Gasteiger partial charge in [0.1, 0.15) is 0 Å². The van der Waals surface area contributed by atoms with Crippen LogP contribution in [0.5, 0.6) is 0 Å². The molecular weight excluding hydrogens is 252 g/mol. The molecule has 0 aliphatic heterocycles. The van der Waals surface area contributed by atoms with E-state index in [-0.39, 0.29) is 0 Å². The van der Waals surface area contributed by atoms with Crippen molar-refractivity contribution in [2.75, 3.05) is 29.9 Å². The highest BCUT2D eigenvalue weighted by Crippen LogP contribution is 2.18. The third kappa shape index (κ3) is 4.00. The van der Waals surface area contributed by atoms with Crippen LogP contribution in [-0.4, -0.2) is 19.6 Å². The maximum absolute atomic E-state index is 3.47. The van der Waals surface area contributed by atoms with Crippen molar-refractivity contribution in [2.24, 2.45) is 0 Å². The molecule has 1 heterocycles. The van der Waals surface area contributed by atoms with E-state index < -0.39 is 0 Å². The van der Waals surface area contributed by atoms with Gasteiger partial charge in [-0.1, -0.05) is 6.07 Å². The van der Waals surface area contributed by atoms with Gasteiger partial charge in [0.05, 0.1) is 0 Å². The molecule has 0 bridgehead atoms. The van der Waals surface area contributed by atoms with Crippen molar-refractivity contribution in [3.05, 3.63) is 46.7 Å². The van der Waals surface area contributed by atoms with Gasteiger partial charge in [0.2, 0.25) is 0 Å². The van der Waals surface area contributed by atoms with Crippen LogP contribution < -0.4 is 10.2 Å². The second-order valence-electron chi connectivity index (χ2n) is 4.48. The predicted octanol–water partition coefficient (Wildman–Crippen LogP) is 4.25. The van der Waals surface area contributed by atoms with E-state index in [1.807, 2.05) is 11.3 Å². The van der Waals surface area contributed by atoms with Gasteiger partial charge in [0.15, 0.2) is 0 Å². The summed E-state index contributed by atoms with van der Waals surface area (Å²) in [6.07, 6.45) is 1.09. The molecule has 0 aliphatic rings. The minimum atomic E-state index is 0.991. The van der Waals surface area contributed by atoms with Gasteiger partial charge < -0.3 is 10.2 Å². The Bertz CT molecular complexity index is 458. The van der Waals surface area contributed by atoms with Crippen LogP contribution in [0.1, 0.15) is 18.7 Å². The Morgan fingerprint density at radius 1 is 1.05 bits per heavy atom. The number of nitrogens with one attached hydrogen (secondary N) is 1. The SMILES string of the molecule is CCN(CC)c1ccc(NCCc2cccs2)cc1. The molecule has 0 saturated carbocycles. The molecule has 102 valence electrons. The van der Waals surface area contributed by atoms with E-state index >= 15 is 0 Å². The molecule has 0 unspecified atom stereocenters. The Hall–Kier alpha value is -1.48. The average Bonchev–Trinajstić information content (AvgIpc) is 2.95. The number of anilines is 2. The molecule has 0 radical (unpaired) electrons. The van der Waals surface area contributed by atoms with E-state index in [4.69, 9.17) is 0 Å². The van der Waals surface area contributed by atoms with Crippen LogP contribution in [0.15, 0.2) is 41.8 Å². The van der Waals surface area contributed by atoms with Crippen LogP contribution in [0.4, 0.5) is 11.4 Å². The number of thiophene rings is 1. The van der Waals surface area contributed by atoms with Gasteiger partial charge in [-0.15, -0.1) is 11.3 Å². The predicted molar refractivity (Wildman–Crippen MR) is 86.5 cm³/mol. The number of nitrogens with zero attached hydrogens (tertiary/aromatic N) is 1. The van der Waals surface area contributed by atoms with Gasteiger partial charge in [0, 0.05) is 35.9 Å². The maximum atomic E-state index is 3.47. The smallest absolute Gasteiger partial charge is 0.0367 e. The molecule has 1 aromatic carbocycles. The minimum Gasteiger partial charge on any atom is -0.385 e. The zero-order valence-corrected chi connectivity index (χ0v) is 12.5. The fourth-order valence-electron chi connectivity index (χ4n) is 2.16. The monoisotopic (exact) mass is 274 g/mol. The van der Waals surface area contributed by atoms with Crippen molar-refractivity contribution in [1.29, 1.82) is 0 Å². The number of benzene rings is 1. The summed E-state index contributed by atoms with van der Waals surface area (Å²) >= 11 is 1.82. The highest BCUT2D eigenvalue weighted by Gasteiger charge is 2.01. The van der Waals surface area contributed by atoms with Gasteiger partial charge in [-0.3, -0.25) is 0 Å². The van der Waals surface area contributed by atoms with Crippen LogP contribution in [0.25, 0.3) is 0 Å². The van der Waals surface area contributed by atoms with Crippen molar-refractivity contribution in [3.63, 3.8) is 0 Å². The van der Waals surface area contributed by atoms with Crippen LogP contribution in [-0.2, 0) is 6.42 Å². The Kier molecular flexibility index (Phi) is 5.28. The standard InChI is InChI=1S/C16H22N2S/c1-3-18(4-2)15-9-7-14(8-10-15)17-12-11-16-6-5-13-19-16/h5-10,13,17H,3-4,11-12H2,1-2H3. The highest BCUT2D eigenvalue weighted by atomic mass is 32.1. The molecule has 0 saturated heterocycles. The van der Waals surface area contributed by atoms with Crippen LogP contribution in [0, 0.1) is 0 Å². The normalized spacial score (nSPS) is 10.4. The molecule has 1 aromatic heterocycles. The second-order valence-corrected chi connectivity index (χ2v) is 5.51. The molecule has 19 heavy (non-hydrogen) atoms. The summed E-state index contributed by atoms with van der Waals surface area (Å²) in [5.41, 5.74) is 2.50. The molecule has 2 rings (SSSR count). The average molecular weight is 274 g/mol. The Labute approximate surface area is 120 Å².